The molecule has 0 bridgehead atoms. The first-order valence-electron chi connectivity index (χ1n) is 7.24. The van der Waals surface area contributed by atoms with E-state index >= 15 is 0 Å². The number of carbonyl (C=O) groups is 3. The highest BCUT2D eigenvalue weighted by molar-refractivity contribution is 6.06. The normalized spacial score (nSPS) is 16.2. The van der Waals surface area contributed by atoms with Crippen molar-refractivity contribution in [3.8, 4) is 0 Å². The molecule has 1 aromatic carbocycles. The third kappa shape index (κ3) is 3.68. The Bertz CT molecular complexity index is 535. The van der Waals surface area contributed by atoms with Crippen LogP contribution in [0, 0.1) is 0 Å². The first kappa shape index (κ1) is 15.2. The van der Waals surface area contributed by atoms with Gasteiger partial charge in [-0.1, -0.05) is 26.0 Å². The molecule has 0 radical (unpaired) electrons. The van der Waals surface area contributed by atoms with Crippen molar-refractivity contribution < 1.29 is 14.4 Å². The molecule has 1 aliphatic rings. The molecule has 5 heteroatoms. The molecule has 1 aliphatic heterocycles. The van der Waals surface area contributed by atoms with Gasteiger partial charge in [0.05, 0.1) is 0 Å². The second-order valence-electron chi connectivity index (χ2n) is 5.35. The van der Waals surface area contributed by atoms with Crippen molar-refractivity contribution in [2.45, 2.75) is 39.0 Å². The fourth-order valence-electron chi connectivity index (χ4n) is 2.27. The zero-order chi connectivity index (χ0) is 15.4. The van der Waals surface area contributed by atoms with Crippen LogP contribution < -0.4 is 5.32 Å². The first-order chi connectivity index (χ1) is 10.0. The summed E-state index contributed by atoms with van der Waals surface area (Å²) >= 11 is 0. The Morgan fingerprint density at radius 2 is 1.76 bits per heavy atom. The summed E-state index contributed by atoms with van der Waals surface area (Å²) in [4.78, 5) is 35.8. The monoisotopic (exact) mass is 288 g/mol. The highest BCUT2D eigenvalue weighted by atomic mass is 16.2. The zero-order valence-corrected chi connectivity index (χ0v) is 12.4. The van der Waals surface area contributed by atoms with Crippen LogP contribution in [-0.4, -0.2) is 29.2 Å². The molecule has 1 aromatic rings. The van der Waals surface area contributed by atoms with Crippen LogP contribution in [-0.2, 0) is 14.4 Å². The number of rotatable bonds is 5. The summed E-state index contributed by atoms with van der Waals surface area (Å²) in [5.74, 6) is -0.422. The van der Waals surface area contributed by atoms with Gasteiger partial charge in [-0.2, -0.15) is 0 Å². The lowest BCUT2D eigenvalue weighted by Crippen LogP contribution is -2.36. The molecule has 1 N–H and O–H groups in total. The molecule has 112 valence electrons. The van der Waals surface area contributed by atoms with Crippen molar-refractivity contribution >= 4 is 23.4 Å². The molecule has 0 unspecified atom stereocenters. The lowest BCUT2D eigenvalue weighted by atomic mass is 9.99. The molecular formula is C16H20N2O3. The second-order valence-corrected chi connectivity index (χ2v) is 5.35. The molecule has 1 heterocycles. The van der Waals surface area contributed by atoms with Gasteiger partial charge in [-0.3, -0.25) is 19.3 Å². The molecule has 5 nitrogen and oxygen atoms in total. The molecule has 1 atom stereocenters. The maximum Gasteiger partial charge on any atom is 0.244 e. The topological polar surface area (TPSA) is 66.5 Å². The van der Waals surface area contributed by atoms with Gasteiger partial charge in [-0.25, -0.2) is 0 Å². The van der Waals surface area contributed by atoms with Gasteiger partial charge < -0.3 is 5.32 Å². The van der Waals surface area contributed by atoms with E-state index in [0.717, 1.165) is 11.3 Å². The van der Waals surface area contributed by atoms with Gasteiger partial charge in [0.1, 0.15) is 6.54 Å². The number of hydrogen-bond donors (Lipinski definition) is 1. The number of likely N-dealkylation sites (tertiary alicyclic amines) is 1. The Labute approximate surface area is 124 Å². The van der Waals surface area contributed by atoms with E-state index in [0.29, 0.717) is 11.6 Å². The number of hydrogen-bond acceptors (Lipinski definition) is 3. The molecule has 3 amide bonds. The maximum atomic E-state index is 11.9. The Kier molecular flexibility index (Phi) is 4.73. The molecule has 0 saturated carbocycles. The smallest absolute Gasteiger partial charge is 0.244 e. The summed E-state index contributed by atoms with van der Waals surface area (Å²) in [7, 11) is 0. The van der Waals surface area contributed by atoms with Crippen molar-refractivity contribution in [1.82, 2.24) is 4.90 Å². The van der Waals surface area contributed by atoms with E-state index in [2.05, 4.69) is 19.2 Å². The second kappa shape index (κ2) is 6.52. The van der Waals surface area contributed by atoms with E-state index in [4.69, 9.17) is 0 Å². The van der Waals surface area contributed by atoms with Crippen LogP contribution >= 0.6 is 0 Å². The molecule has 0 aromatic heterocycles. The molecule has 1 saturated heterocycles. The van der Waals surface area contributed by atoms with E-state index in [1.807, 2.05) is 24.3 Å². The van der Waals surface area contributed by atoms with Gasteiger partial charge >= 0.3 is 0 Å². The predicted octanol–water partition coefficient (Wildman–Crippen LogP) is 2.29. The minimum absolute atomic E-state index is 0.204. The van der Waals surface area contributed by atoms with Crippen LogP contribution in [0.25, 0.3) is 0 Å². The van der Waals surface area contributed by atoms with E-state index in [1.54, 1.807) is 0 Å². The fourth-order valence-corrected chi connectivity index (χ4v) is 2.27. The van der Waals surface area contributed by atoms with Crippen LogP contribution in [0.2, 0.25) is 0 Å². The predicted molar refractivity (Wildman–Crippen MR) is 79.7 cm³/mol. The molecule has 2 rings (SSSR count). The number of nitrogens with one attached hydrogen (secondary N) is 1. The Morgan fingerprint density at radius 3 is 2.29 bits per heavy atom. The summed E-state index contributed by atoms with van der Waals surface area (Å²) in [6.45, 7) is 4.08. The summed E-state index contributed by atoms with van der Waals surface area (Å²) in [5.41, 5.74) is 1.89. The molecule has 0 aliphatic carbocycles. The highest BCUT2D eigenvalue weighted by Gasteiger charge is 2.30. The Balaban J connectivity index is 1.93. The first-order valence-corrected chi connectivity index (χ1v) is 7.24. The van der Waals surface area contributed by atoms with Crippen molar-refractivity contribution in [2.75, 3.05) is 11.9 Å². The minimum Gasteiger partial charge on any atom is -0.325 e. The van der Waals surface area contributed by atoms with Crippen molar-refractivity contribution in [2.24, 2.45) is 0 Å². The average molecular weight is 288 g/mol. The van der Waals surface area contributed by atoms with Gasteiger partial charge in [0.2, 0.25) is 17.7 Å². The number of amides is 3. The summed E-state index contributed by atoms with van der Waals surface area (Å²) in [6.07, 6.45) is 1.47. The Morgan fingerprint density at radius 1 is 1.19 bits per heavy atom. The van der Waals surface area contributed by atoms with Gasteiger partial charge in [0.25, 0.3) is 0 Å². The van der Waals surface area contributed by atoms with Crippen LogP contribution in [0.3, 0.4) is 0 Å². The Hall–Kier alpha value is -2.17. The van der Waals surface area contributed by atoms with Crippen molar-refractivity contribution in [3.63, 3.8) is 0 Å². The number of nitrogens with zero attached hydrogens (tertiary/aromatic N) is 1. The van der Waals surface area contributed by atoms with E-state index in [9.17, 15) is 14.4 Å². The molecule has 0 spiro atoms. The van der Waals surface area contributed by atoms with Crippen molar-refractivity contribution in [1.29, 1.82) is 0 Å². The summed E-state index contributed by atoms with van der Waals surface area (Å²) < 4.78 is 0. The van der Waals surface area contributed by atoms with Crippen LogP contribution in [0.4, 0.5) is 5.69 Å². The van der Waals surface area contributed by atoms with E-state index in [-0.39, 0.29) is 37.1 Å². The summed E-state index contributed by atoms with van der Waals surface area (Å²) in [6, 6.07) is 7.64. The maximum absolute atomic E-state index is 11.9. The minimum atomic E-state index is -0.352. The largest absolute Gasteiger partial charge is 0.325 e. The molecule has 1 fully saturated rings. The standard InChI is InChI=1S/C16H20N2O3/c1-3-11(2)12-4-6-13(7-5-12)17-14(19)10-18-15(20)8-9-16(18)21/h4-7,11H,3,8-10H2,1-2H3,(H,17,19)/t11-/m0/s1. The van der Waals surface area contributed by atoms with Crippen LogP contribution in [0.15, 0.2) is 24.3 Å². The van der Waals surface area contributed by atoms with Crippen LogP contribution in [0.5, 0.6) is 0 Å². The molecular weight excluding hydrogens is 268 g/mol. The molecule has 21 heavy (non-hydrogen) atoms. The fraction of sp³-hybridized carbons (Fsp3) is 0.438. The van der Waals surface area contributed by atoms with Gasteiger partial charge in [0, 0.05) is 18.5 Å². The van der Waals surface area contributed by atoms with Crippen LogP contribution in [0.1, 0.15) is 44.6 Å². The van der Waals surface area contributed by atoms with Crippen molar-refractivity contribution in [3.05, 3.63) is 29.8 Å². The number of imide groups is 1. The lowest BCUT2D eigenvalue weighted by Gasteiger charge is -2.14. The average Bonchev–Trinajstić information content (AvgIpc) is 2.79. The quantitative estimate of drug-likeness (QED) is 0.845. The zero-order valence-electron chi connectivity index (χ0n) is 12.4. The summed E-state index contributed by atoms with van der Waals surface area (Å²) in [5, 5.41) is 2.71. The lowest BCUT2D eigenvalue weighted by molar-refractivity contribution is -0.141. The van der Waals surface area contributed by atoms with E-state index in [1.165, 1.54) is 5.56 Å². The third-order valence-corrected chi connectivity index (χ3v) is 3.83. The van der Waals surface area contributed by atoms with Gasteiger partial charge in [0.15, 0.2) is 0 Å². The van der Waals surface area contributed by atoms with Gasteiger partial charge in [-0.05, 0) is 30.0 Å². The SMILES string of the molecule is CC[C@H](C)c1ccc(NC(=O)CN2C(=O)CCC2=O)cc1. The van der Waals surface area contributed by atoms with Gasteiger partial charge in [-0.15, -0.1) is 0 Å². The third-order valence-electron chi connectivity index (χ3n) is 3.83. The highest BCUT2D eigenvalue weighted by Crippen LogP contribution is 2.20. The number of anilines is 1. The van der Waals surface area contributed by atoms with E-state index < -0.39 is 0 Å². The number of carbonyl (C=O) groups excluding carboxylic acids is 3. The number of benzene rings is 1.